The molecule has 2 amide bonds. The predicted molar refractivity (Wildman–Crippen MR) is 200 cm³/mol. The van der Waals surface area contributed by atoms with Gasteiger partial charge in [-0.05, 0) is 89.0 Å². The molecule has 6 rings (SSSR count). The maximum Gasteiger partial charge on any atom is 0.305 e. The van der Waals surface area contributed by atoms with E-state index in [0.29, 0.717) is 60.7 Å². The lowest BCUT2D eigenvalue weighted by molar-refractivity contribution is -0.152. The molecule has 1 N–H and O–H groups in total. The molecule has 3 aromatic rings. The predicted octanol–water partition coefficient (Wildman–Crippen LogP) is 6.14. The van der Waals surface area contributed by atoms with Crippen LogP contribution >= 0.6 is 15.9 Å². The number of fused-ring (bicyclic) bond motifs is 2. The van der Waals surface area contributed by atoms with Crippen LogP contribution in [0.1, 0.15) is 67.7 Å². The first-order chi connectivity index (χ1) is 25.6. The van der Waals surface area contributed by atoms with E-state index in [1.807, 2.05) is 41.3 Å². The molecule has 0 radical (unpaired) electrons. The van der Waals surface area contributed by atoms with Crippen LogP contribution in [0.4, 0.5) is 4.39 Å². The molecule has 1 aliphatic carbocycles. The zero-order valence-corrected chi connectivity index (χ0v) is 31.9. The number of nitrogens with one attached hydrogen (secondary N) is 1. The summed E-state index contributed by atoms with van der Waals surface area (Å²) < 4.78 is 36.1. The molecule has 2 heterocycles. The van der Waals surface area contributed by atoms with Crippen LogP contribution in [-0.2, 0) is 32.1 Å². The minimum atomic E-state index is -1.22. The third-order valence-corrected chi connectivity index (χ3v) is 10.7. The van der Waals surface area contributed by atoms with E-state index in [4.69, 9.17) is 18.9 Å². The Balaban J connectivity index is 1.28. The lowest BCUT2D eigenvalue weighted by Crippen LogP contribution is -2.73. The molecule has 1 saturated carbocycles. The van der Waals surface area contributed by atoms with Gasteiger partial charge in [-0.2, -0.15) is 0 Å². The normalized spacial score (nSPS) is 20.1. The zero-order valence-electron chi connectivity index (χ0n) is 30.3. The molecular weight excluding hydrogens is 745 g/mol. The summed E-state index contributed by atoms with van der Waals surface area (Å²) in [5.74, 6) is 7.23. The Bertz CT molecular complexity index is 1850. The molecule has 1 saturated heterocycles. The van der Waals surface area contributed by atoms with Crippen LogP contribution in [0, 0.1) is 17.7 Å². The van der Waals surface area contributed by atoms with Crippen LogP contribution in [0.2, 0.25) is 0 Å². The van der Waals surface area contributed by atoms with Crippen molar-refractivity contribution in [2.75, 3.05) is 34.5 Å². The average Bonchev–Trinajstić information content (AvgIpc) is 4.02. The summed E-state index contributed by atoms with van der Waals surface area (Å²) in [4.78, 5) is 44.9. The van der Waals surface area contributed by atoms with Gasteiger partial charge in [0.2, 0.25) is 11.8 Å². The van der Waals surface area contributed by atoms with Crippen molar-refractivity contribution in [3.63, 3.8) is 0 Å². The van der Waals surface area contributed by atoms with Crippen LogP contribution in [-0.4, -0.2) is 79.7 Å². The highest BCUT2D eigenvalue weighted by Gasteiger charge is 2.57. The van der Waals surface area contributed by atoms with E-state index in [9.17, 15) is 14.0 Å². The van der Waals surface area contributed by atoms with Crippen molar-refractivity contribution >= 4 is 33.7 Å². The van der Waals surface area contributed by atoms with Gasteiger partial charge in [-0.25, -0.2) is 4.39 Å². The summed E-state index contributed by atoms with van der Waals surface area (Å²) >= 11 is 3.40. The molecule has 53 heavy (non-hydrogen) atoms. The van der Waals surface area contributed by atoms with Gasteiger partial charge in [-0.15, -0.1) is 0 Å². The fraction of sp³-hybridized carbons (Fsp3) is 0.439. The monoisotopic (exact) mass is 789 g/mol. The number of aryl methyl sites for hydroxylation is 1. The van der Waals surface area contributed by atoms with Crippen LogP contribution in [0.3, 0.4) is 0 Å². The summed E-state index contributed by atoms with van der Waals surface area (Å²) in [5, 5.41) is 3.63. The van der Waals surface area contributed by atoms with E-state index in [1.165, 1.54) is 19.2 Å². The van der Waals surface area contributed by atoms with Crippen LogP contribution in [0.25, 0.3) is 0 Å². The van der Waals surface area contributed by atoms with Crippen molar-refractivity contribution < 1.29 is 37.7 Å². The number of ether oxygens (including phenoxy) is 4. The number of amides is 2. The highest BCUT2D eigenvalue weighted by molar-refractivity contribution is 9.10. The number of methoxy groups -OCH3 is 3. The molecule has 0 aromatic heterocycles. The second-order valence-corrected chi connectivity index (χ2v) is 14.6. The molecule has 1 unspecified atom stereocenters. The van der Waals surface area contributed by atoms with Crippen LogP contribution in [0.15, 0.2) is 65.1 Å². The molecule has 12 heteroatoms. The van der Waals surface area contributed by atoms with E-state index in [-0.39, 0.29) is 48.9 Å². The van der Waals surface area contributed by atoms with Gasteiger partial charge < -0.3 is 28.7 Å². The summed E-state index contributed by atoms with van der Waals surface area (Å²) in [6.45, 7) is 1.04. The number of hydrogen-bond acceptors (Lipinski definition) is 8. The van der Waals surface area contributed by atoms with Gasteiger partial charge in [0.05, 0.1) is 44.5 Å². The lowest BCUT2D eigenvalue weighted by Gasteiger charge is -2.53. The van der Waals surface area contributed by atoms with E-state index in [0.717, 1.165) is 29.5 Å². The zero-order chi connectivity index (χ0) is 37.5. The maximum absolute atomic E-state index is 15.2. The molecule has 0 spiro atoms. The second kappa shape index (κ2) is 17.0. The molecule has 10 nitrogen and oxygen atoms in total. The quantitative estimate of drug-likeness (QED) is 0.105. The Morgan fingerprint density at radius 1 is 0.962 bits per heavy atom. The van der Waals surface area contributed by atoms with Gasteiger partial charge in [-0.1, -0.05) is 36.1 Å². The number of halogens is 2. The Morgan fingerprint density at radius 2 is 1.70 bits per heavy atom. The number of esters is 1. The van der Waals surface area contributed by atoms with Crippen molar-refractivity contribution in [3.05, 3.63) is 87.6 Å². The number of carbonyl (C=O) groups is 3. The van der Waals surface area contributed by atoms with Crippen molar-refractivity contribution in [2.45, 2.75) is 81.6 Å². The first-order valence-corrected chi connectivity index (χ1v) is 18.8. The van der Waals surface area contributed by atoms with Gasteiger partial charge in [0.25, 0.3) is 0 Å². The summed E-state index contributed by atoms with van der Waals surface area (Å²) in [5.41, 5.74) is 1.53. The highest BCUT2D eigenvalue weighted by atomic mass is 79.9. The topological polar surface area (TPSA) is 107 Å². The van der Waals surface area contributed by atoms with Crippen LogP contribution < -0.4 is 19.5 Å². The lowest BCUT2D eigenvalue weighted by atomic mass is 9.75. The van der Waals surface area contributed by atoms with Crippen molar-refractivity contribution in [1.82, 2.24) is 15.1 Å². The van der Waals surface area contributed by atoms with Crippen molar-refractivity contribution in [2.24, 2.45) is 0 Å². The summed E-state index contributed by atoms with van der Waals surface area (Å²) in [6.07, 6.45) is 3.98. The second-order valence-electron chi connectivity index (χ2n) is 13.7. The minimum absolute atomic E-state index is 0.0496. The van der Waals surface area contributed by atoms with E-state index in [2.05, 4.69) is 33.1 Å². The molecular formula is C41H45BrFN3O7. The molecule has 2 bridgehead atoms. The Hall–Kier alpha value is -4.60. The number of benzene rings is 3. The Kier molecular flexibility index (Phi) is 12.3. The molecule has 280 valence electrons. The standard InChI is InChI=1S/C41H45BrFN3O7/c1-50-33-21-28(22-34(24-33)51-2)25-45(32-16-17-32)40(49)41-19-5-8-31(44-41)26-46(37(47)9-4-10-38(48)52-3)39(41)29-13-11-27(12-14-29)7-6-20-53-36-23-30(43)15-18-35(36)42/h11-15,18,21-24,31-32,39,44H,4,6-7,9-10,16-17,19-20,25-26H2,1-3H3/t31-,39?,41+/m0/s1. The molecule has 3 atom stereocenters. The Morgan fingerprint density at radius 3 is 2.38 bits per heavy atom. The third-order valence-electron chi connectivity index (χ3n) is 10.0. The smallest absolute Gasteiger partial charge is 0.305 e. The number of nitrogens with zero attached hydrogens (tertiary/aromatic N) is 2. The first kappa shape index (κ1) is 38.1. The van der Waals surface area contributed by atoms with E-state index >= 15 is 4.79 Å². The van der Waals surface area contributed by atoms with Crippen molar-refractivity contribution in [3.8, 4) is 29.1 Å². The number of hydrogen-bond donors (Lipinski definition) is 1. The largest absolute Gasteiger partial charge is 0.497 e. The fourth-order valence-corrected chi connectivity index (χ4v) is 7.58. The molecule has 2 fully saturated rings. The Labute approximate surface area is 318 Å². The number of rotatable bonds is 16. The molecule has 3 aliphatic rings. The van der Waals surface area contributed by atoms with Crippen LogP contribution in [0.5, 0.6) is 17.2 Å². The maximum atomic E-state index is 15.2. The SMILES string of the molecule is COC(=O)CCCC(=O)N1C[C@@H]2C#CC[C@@](C(=O)N(Cc3cc(OC)cc(OC)c3)C3CC3)(N2)C1c1ccc(CCCOc2cc(F)ccc2Br)cc1. The molecule has 2 aliphatic heterocycles. The van der Waals surface area contributed by atoms with Gasteiger partial charge in [0.15, 0.2) is 0 Å². The van der Waals surface area contributed by atoms with Gasteiger partial charge >= 0.3 is 5.97 Å². The number of carbonyl (C=O) groups excluding carboxylic acids is 3. The number of piperazine rings is 1. The van der Waals surface area contributed by atoms with Crippen molar-refractivity contribution in [1.29, 1.82) is 0 Å². The van der Waals surface area contributed by atoms with Gasteiger partial charge in [0.1, 0.15) is 28.6 Å². The summed E-state index contributed by atoms with van der Waals surface area (Å²) in [6, 6.07) is 17.0. The average molecular weight is 791 g/mol. The molecule has 3 aromatic carbocycles. The van der Waals surface area contributed by atoms with Gasteiger partial charge in [0, 0.05) is 50.5 Å². The fourth-order valence-electron chi connectivity index (χ4n) is 7.22. The highest BCUT2D eigenvalue weighted by Crippen LogP contribution is 2.44. The summed E-state index contributed by atoms with van der Waals surface area (Å²) in [7, 11) is 4.53. The first-order valence-electron chi connectivity index (χ1n) is 18.0. The van der Waals surface area contributed by atoms with Gasteiger partial charge in [-0.3, -0.25) is 19.7 Å². The van der Waals surface area contributed by atoms with E-state index in [1.54, 1.807) is 31.3 Å². The third kappa shape index (κ3) is 8.96. The minimum Gasteiger partial charge on any atom is -0.497 e. The van der Waals surface area contributed by atoms with E-state index < -0.39 is 17.6 Å².